The fourth-order valence-corrected chi connectivity index (χ4v) is 3.68. The number of rotatable bonds is 5. The van der Waals surface area contributed by atoms with E-state index in [0.29, 0.717) is 18.2 Å². The molecule has 1 saturated heterocycles. The Kier molecular flexibility index (Phi) is 4.83. The number of hydrogen-bond acceptors (Lipinski definition) is 6. The first-order valence-electron chi connectivity index (χ1n) is 9.30. The van der Waals surface area contributed by atoms with Crippen LogP contribution in [0.3, 0.4) is 0 Å². The van der Waals surface area contributed by atoms with Crippen molar-refractivity contribution in [3.63, 3.8) is 0 Å². The molecule has 0 amide bonds. The van der Waals surface area contributed by atoms with Crippen LogP contribution < -0.4 is 4.90 Å². The zero-order chi connectivity index (χ0) is 18.6. The van der Waals surface area contributed by atoms with Crippen molar-refractivity contribution >= 4 is 5.82 Å². The summed E-state index contributed by atoms with van der Waals surface area (Å²) in [5, 5.41) is 22.3. The lowest BCUT2D eigenvalue weighted by molar-refractivity contribution is 0.461. The maximum absolute atomic E-state index is 9.05. The van der Waals surface area contributed by atoms with Gasteiger partial charge in [-0.3, -0.25) is 4.68 Å². The summed E-state index contributed by atoms with van der Waals surface area (Å²) < 4.78 is 4.09. The highest BCUT2D eigenvalue weighted by atomic mass is 15.3. The number of nitriles is 1. The Morgan fingerprint density at radius 2 is 2.04 bits per heavy atom. The minimum atomic E-state index is 0.388. The smallest absolute Gasteiger partial charge is 0.154 e. The molecule has 4 heterocycles. The highest BCUT2D eigenvalue weighted by Gasteiger charge is 2.26. The molecule has 0 unspecified atom stereocenters. The van der Waals surface area contributed by atoms with Gasteiger partial charge < -0.3 is 9.47 Å². The van der Waals surface area contributed by atoms with Crippen molar-refractivity contribution in [3.8, 4) is 6.07 Å². The fourth-order valence-electron chi connectivity index (χ4n) is 3.68. The SMILES string of the molecule is CCn1c(Cn2cccn2)nnc1C1CCN(c2cccc(C#N)n2)CC1. The zero-order valence-electron chi connectivity index (χ0n) is 15.4. The van der Waals surface area contributed by atoms with Crippen molar-refractivity contribution in [1.82, 2.24) is 29.5 Å². The van der Waals surface area contributed by atoms with E-state index in [4.69, 9.17) is 5.26 Å². The van der Waals surface area contributed by atoms with Crippen LogP contribution in [-0.4, -0.2) is 42.6 Å². The number of anilines is 1. The Hall–Kier alpha value is -3.21. The summed E-state index contributed by atoms with van der Waals surface area (Å²) in [7, 11) is 0. The molecule has 4 rings (SSSR count). The average Bonchev–Trinajstić information content (AvgIpc) is 3.38. The third-order valence-corrected chi connectivity index (χ3v) is 5.07. The van der Waals surface area contributed by atoms with Gasteiger partial charge in [-0.2, -0.15) is 10.4 Å². The van der Waals surface area contributed by atoms with Crippen LogP contribution >= 0.6 is 0 Å². The maximum atomic E-state index is 9.05. The third kappa shape index (κ3) is 3.53. The van der Waals surface area contributed by atoms with Gasteiger partial charge in [0.05, 0.1) is 0 Å². The molecule has 1 aliphatic rings. The monoisotopic (exact) mass is 362 g/mol. The minimum Gasteiger partial charge on any atom is -0.357 e. The largest absolute Gasteiger partial charge is 0.357 e. The molecule has 0 atom stereocenters. The molecule has 0 spiro atoms. The molecule has 8 heteroatoms. The first-order chi connectivity index (χ1) is 13.3. The maximum Gasteiger partial charge on any atom is 0.154 e. The van der Waals surface area contributed by atoms with Crippen molar-refractivity contribution in [3.05, 3.63) is 54.0 Å². The van der Waals surface area contributed by atoms with Crippen molar-refractivity contribution in [2.75, 3.05) is 18.0 Å². The van der Waals surface area contributed by atoms with Gasteiger partial charge >= 0.3 is 0 Å². The van der Waals surface area contributed by atoms with Gasteiger partial charge in [0, 0.05) is 37.9 Å². The number of nitrogens with zero attached hydrogens (tertiary/aromatic N) is 8. The van der Waals surface area contributed by atoms with Crippen molar-refractivity contribution in [2.24, 2.45) is 0 Å². The number of piperidine rings is 1. The summed E-state index contributed by atoms with van der Waals surface area (Å²) in [6.45, 7) is 5.42. The first-order valence-corrected chi connectivity index (χ1v) is 9.30. The highest BCUT2D eigenvalue weighted by molar-refractivity contribution is 5.42. The molecule has 3 aromatic heterocycles. The van der Waals surface area contributed by atoms with E-state index in [1.165, 1.54) is 0 Å². The van der Waals surface area contributed by atoms with Gasteiger partial charge in [0.1, 0.15) is 30.0 Å². The second-order valence-electron chi connectivity index (χ2n) is 6.68. The van der Waals surface area contributed by atoms with Crippen LogP contribution in [0.2, 0.25) is 0 Å². The van der Waals surface area contributed by atoms with E-state index in [1.54, 1.807) is 12.3 Å². The Bertz CT molecular complexity index is 929. The van der Waals surface area contributed by atoms with Crippen molar-refractivity contribution < 1.29 is 0 Å². The molecule has 1 fully saturated rings. The van der Waals surface area contributed by atoms with Gasteiger partial charge in [-0.1, -0.05) is 6.07 Å². The van der Waals surface area contributed by atoms with E-state index in [2.05, 4.69) is 42.7 Å². The van der Waals surface area contributed by atoms with Crippen LogP contribution in [-0.2, 0) is 13.1 Å². The van der Waals surface area contributed by atoms with Gasteiger partial charge in [0.2, 0.25) is 0 Å². The molecule has 0 N–H and O–H groups in total. The summed E-state index contributed by atoms with van der Waals surface area (Å²) in [6.07, 6.45) is 5.71. The quantitative estimate of drug-likeness (QED) is 0.691. The van der Waals surface area contributed by atoms with Gasteiger partial charge in [-0.05, 0) is 38.0 Å². The summed E-state index contributed by atoms with van der Waals surface area (Å²) in [5.41, 5.74) is 0.462. The molecular formula is C19H22N8. The normalized spacial score (nSPS) is 15.0. The van der Waals surface area contributed by atoms with Gasteiger partial charge in [0.15, 0.2) is 5.82 Å². The molecule has 0 aliphatic carbocycles. The van der Waals surface area contributed by atoms with Crippen LogP contribution in [0.25, 0.3) is 0 Å². The molecule has 0 bridgehead atoms. The molecule has 3 aromatic rings. The Morgan fingerprint density at radius 1 is 1.19 bits per heavy atom. The van der Waals surface area contributed by atoms with Crippen LogP contribution in [0.4, 0.5) is 5.82 Å². The van der Waals surface area contributed by atoms with Crippen LogP contribution in [0, 0.1) is 11.3 Å². The van der Waals surface area contributed by atoms with Crippen LogP contribution in [0.5, 0.6) is 0 Å². The molecular weight excluding hydrogens is 340 g/mol. The van der Waals surface area contributed by atoms with Crippen LogP contribution in [0.15, 0.2) is 36.7 Å². The third-order valence-electron chi connectivity index (χ3n) is 5.07. The summed E-state index contributed by atoms with van der Waals surface area (Å²) >= 11 is 0. The van der Waals surface area contributed by atoms with E-state index < -0.39 is 0 Å². The summed E-state index contributed by atoms with van der Waals surface area (Å²) in [4.78, 5) is 6.66. The Morgan fingerprint density at radius 3 is 2.74 bits per heavy atom. The molecule has 138 valence electrons. The average molecular weight is 362 g/mol. The van der Waals surface area contributed by atoms with Crippen molar-refractivity contribution in [2.45, 2.75) is 38.8 Å². The lowest BCUT2D eigenvalue weighted by Gasteiger charge is -2.32. The number of pyridine rings is 1. The molecule has 0 saturated carbocycles. The van der Waals surface area contributed by atoms with E-state index in [1.807, 2.05) is 29.1 Å². The highest BCUT2D eigenvalue weighted by Crippen LogP contribution is 2.29. The Labute approximate surface area is 158 Å². The predicted octanol–water partition coefficient (Wildman–Crippen LogP) is 2.19. The van der Waals surface area contributed by atoms with E-state index >= 15 is 0 Å². The van der Waals surface area contributed by atoms with Crippen LogP contribution in [0.1, 0.15) is 43.0 Å². The topological polar surface area (TPSA) is 88.5 Å². The second kappa shape index (κ2) is 7.58. The lowest BCUT2D eigenvalue weighted by Crippen LogP contribution is -2.34. The van der Waals surface area contributed by atoms with Gasteiger partial charge in [-0.15, -0.1) is 10.2 Å². The Balaban J connectivity index is 1.46. The van der Waals surface area contributed by atoms with Gasteiger partial charge in [0.25, 0.3) is 0 Å². The molecule has 27 heavy (non-hydrogen) atoms. The van der Waals surface area contributed by atoms with E-state index in [-0.39, 0.29) is 0 Å². The molecule has 0 aromatic carbocycles. The zero-order valence-corrected chi connectivity index (χ0v) is 15.4. The molecule has 1 aliphatic heterocycles. The standard InChI is InChI=1S/C19H22N8/c1-2-27-18(14-26-10-4-9-21-26)23-24-19(27)15-7-11-25(12-8-15)17-6-3-5-16(13-20)22-17/h3-6,9-10,15H,2,7-8,11-12,14H2,1H3. The van der Waals surface area contributed by atoms with E-state index in [0.717, 1.165) is 49.9 Å². The van der Waals surface area contributed by atoms with Crippen molar-refractivity contribution in [1.29, 1.82) is 5.26 Å². The number of hydrogen-bond donors (Lipinski definition) is 0. The summed E-state index contributed by atoms with van der Waals surface area (Å²) in [6, 6.07) is 9.62. The summed E-state index contributed by atoms with van der Waals surface area (Å²) in [5.74, 6) is 3.28. The number of aromatic nitrogens is 6. The lowest BCUT2D eigenvalue weighted by atomic mass is 9.96. The minimum absolute atomic E-state index is 0.388. The molecule has 8 nitrogen and oxygen atoms in total. The molecule has 0 radical (unpaired) electrons. The second-order valence-corrected chi connectivity index (χ2v) is 6.68. The predicted molar refractivity (Wildman–Crippen MR) is 100 cm³/mol. The fraction of sp³-hybridized carbons (Fsp3) is 0.421. The van der Waals surface area contributed by atoms with E-state index in [9.17, 15) is 0 Å². The first kappa shape index (κ1) is 17.2. The van der Waals surface area contributed by atoms with Gasteiger partial charge in [-0.25, -0.2) is 4.98 Å².